The van der Waals surface area contributed by atoms with E-state index in [1.54, 1.807) is 6.20 Å². The molecule has 2 aromatic rings. The highest BCUT2D eigenvalue weighted by Gasteiger charge is 2.23. The molecular weight excluding hydrogens is 270 g/mol. The molecule has 106 valence electrons. The Hall–Kier alpha value is -1.62. The van der Waals surface area contributed by atoms with Gasteiger partial charge in [-0.15, -0.1) is 11.3 Å². The predicted octanol–water partition coefficient (Wildman–Crippen LogP) is 3.19. The zero-order chi connectivity index (χ0) is 14.1. The fourth-order valence-electron chi connectivity index (χ4n) is 2.77. The van der Waals surface area contributed by atoms with Gasteiger partial charge >= 0.3 is 0 Å². The highest BCUT2D eigenvalue weighted by atomic mass is 32.1. The van der Waals surface area contributed by atoms with Crippen molar-refractivity contribution < 1.29 is 4.79 Å². The van der Waals surface area contributed by atoms with Crippen molar-refractivity contribution in [1.29, 1.82) is 0 Å². The van der Waals surface area contributed by atoms with E-state index in [0.29, 0.717) is 10.6 Å². The summed E-state index contributed by atoms with van der Waals surface area (Å²) in [5.74, 6) is 0.729. The maximum Gasteiger partial charge on any atom is 0.263 e. The fraction of sp³-hybridized carbons (Fsp3) is 0.467. The maximum atomic E-state index is 12.4. The molecule has 4 nitrogen and oxygen atoms in total. The highest BCUT2D eigenvalue weighted by Crippen LogP contribution is 2.32. The number of nitrogens with two attached hydrogens (primary N) is 1. The Morgan fingerprint density at radius 1 is 1.40 bits per heavy atom. The number of nitrogens with zero attached hydrogens (tertiary/aromatic N) is 1. The molecule has 0 bridgehead atoms. The van der Waals surface area contributed by atoms with E-state index in [1.165, 1.54) is 24.2 Å². The smallest absolute Gasteiger partial charge is 0.263 e. The van der Waals surface area contributed by atoms with Crippen molar-refractivity contribution in [2.24, 2.45) is 5.92 Å². The summed E-state index contributed by atoms with van der Waals surface area (Å²) >= 11 is 1.42. The van der Waals surface area contributed by atoms with Crippen molar-refractivity contribution in [2.45, 2.75) is 38.6 Å². The molecule has 1 fully saturated rings. The van der Waals surface area contributed by atoms with Crippen LogP contribution in [0.25, 0.3) is 10.2 Å². The molecule has 20 heavy (non-hydrogen) atoms. The number of anilines is 1. The second-order valence-corrected chi connectivity index (χ2v) is 6.68. The van der Waals surface area contributed by atoms with Crippen molar-refractivity contribution in [3.63, 3.8) is 0 Å². The van der Waals surface area contributed by atoms with Gasteiger partial charge in [-0.2, -0.15) is 0 Å². The third kappa shape index (κ3) is 2.50. The van der Waals surface area contributed by atoms with E-state index in [4.69, 9.17) is 5.73 Å². The zero-order valence-corrected chi connectivity index (χ0v) is 12.4. The van der Waals surface area contributed by atoms with Crippen molar-refractivity contribution in [1.82, 2.24) is 10.3 Å². The van der Waals surface area contributed by atoms with E-state index in [2.05, 4.69) is 17.2 Å². The fourth-order valence-corrected chi connectivity index (χ4v) is 3.76. The topological polar surface area (TPSA) is 68.0 Å². The normalized spacial score (nSPS) is 22.9. The van der Waals surface area contributed by atoms with Crippen molar-refractivity contribution in [2.75, 3.05) is 5.73 Å². The summed E-state index contributed by atoms with van der Waals surface area (Å²) in [5, 5.41) is 3.12. The van der Waals surface area contributed by atoms with Crippen LogP contribution in [0.4, 0.5) is 5.69 Å². The number of fused-ring (bicyclic) bond motifs is 1. The lowest BCUT2D eigenvalue weighted by molar-refractivity contribution is 0.0928. The molecule has 1 aliphatic rings. The molecule has 0 saturated heterocycles. The first-order valence-corrected chi connectivity index (χ1v) is 7.90. The number of pyridine rings is 1. The van der Waals surface area contributed by atoms with Crippen LogP contribution in [0.2, 0.25) is 0 Å². The summed E-state index contributed by atoms with van der Waals surface area (Å²) in [4.78, 5) is 17.2. The van der Waals surface area contributed by atoms with E-state index in [1.807, 2.05) is 12.1 Å². The van der Waals surface area contributed by atoms with Crippen LogP contribution in [0.3, 0.4) is 0 Å². The summed E-state index contributed by atoms with van der Waals surface area (Å²) < 4.78 is 0.965. The monoisotopic (exact) mass is 289 g/mol. The minimum Gasteiger partial charge on any atom is -0.396 e. The van der Waals surface area contributed by atoms with Crippen molar-refractivity contribution >= 4 is 33.1 Å². The number of aromatic nitrogens is 1. The molecule has 1 amide bonds. The Kier molecular flexibility index (Phi) is 3.61. The van der Waals surface area contributed by atoms with E-state index < -0.39 is 0 Å². The van der Waals surface area contributed by atoms with Gasteiger partial charge in [0.1, 0.15) is 10.4 Å². The Morgan fingerprint density at radius 2 is 2.15 bits per heavy atom. The molecule has 2 heterocycles. The molecule has 0 aliphatic heterocycles. The molecule has 1 aliphatic carbocycles. The van der Waals surface area contributed by atoms with Gasteiger partial charge in [-0.1, -0.05) is 6.92 Å². The number of amides is 1. The van der Waals surface area contributed by atoms with Gasteiger partial charge in [-0.3, -0.25) is 9.78 Å². The van der Waals surface area contributed by atoms with Gasteiger partial charge in [0.15, 0.2) is 0 Å². The summed E-state index contributed by atoms with van der Waals surface area (Å²) in [5.41, 5.74) is 7.30. The standard InChI is InChI=1S/C15H19N3OS/c1-9-4-6-10(7-5-9)18-15(19)14-12(16)13-11(20-14)3-2-8-17-13/h2-3,8-10H,4-7,16H2,1H3,(H,18,19). The van der Waals surface area contributed by atoms with Crippen molar-refractivity contribution in [3.05, 3.63) is 23.2 Å². The Bertz CT molecular complexity index is 629. The number of hydrogen-bond acceptors (Lipinski definition) is 4. The average Bonchev–Trinajstić information content (AvgIpc) is 2.79. The van der Waals surface area contributed by atoms with Crippen LogP contribution >= 0.6 is 11.3 Å². The molecule has 2 aromatic heterocycles. The summed E-state index contributed by atoms with van der Waals surface area (Å²) in [6, 6.07) is 4.10. The van der Waals surface area contributed by atoms with Crippen LogP contribution < -0.4 is 11.1 Å². The van der Waals surface area contributed by atoms with Gasteiger partial charge in [0, 0.05) is 12.2 Å². The van der Waals surface area contributed by atoms with Gasteiger partial charge in [-0.25, -0.2) is 0 Å². The number of nitrogen functional groups attached to an aromatic ring is 1. The molecule has 5 heteroatoms. The second-order valence-electron chi connectivity index (χ2n) is 5.63. The van der Waals surface area contributed by atoms with Gasteiger partial charge in [0.05, 0.1) is 10.4 Å². The lowest BCUT2D eigenvalue weighted by Crippen LogP contribution is -2.37. The number of hydrogen-bond donors (Lipinski definition) is 2. The van der Waals surface area contributed by atoms with Crippen LogP contribution in [0.15, 0.2) is 18.3 Å². The number of carbonyl (C=O) groups is 1. The van der Waals surface area contributed by atoms with E-state index in [0.717, 1.165) is 29.0 Å². The van der Waals surface area contributed by atoms with Crippen LogP contribution in [0.1, 0.15) is 42.3 Å². The third-order valence-electron chi connectivity index (χ3n) is 4.04. The lowest BCUT2D eigenvalue weighted by atomic mass is 9.87. The molecule has 0 spiro atoms. The molecule has 0 atom stereocenters. The number of carbonyl (C=O) groups excluding carboxylic acids is 1. The van der Waals surface area contributed by atoms with Gasteiger partial charge < -0.3 is 11.1 Å². The predicted molar refractivity (Wildman–Crippen MR) is 82.9 cm³/mol. The lowest BCUT2D eigenvalue weighted by Gasteiger charge is -2.26. The molecule has 0 unspecified atom stereocenters. The number of thiophene rings is 1. The Morgan fingerprint density at radius 3 is 2.85 bits per heavy atom. The minimum atomic E-state index is -0.0509. The third-order valence-corrected chi connectivity index (χ3v) is 5.20. The van der Waals surface area contributed by atoms with Gasteiger partial charge in [-0.05, 0) is 43.7 Å². The zero-order valence-electron chi connectivity index (χ0n) is 11.6. The Balaban J connectivity index is 1.77. The highest BCUT2D eigenvalue weighted by molar-refractivity contribution is 7.21. The minimum absolute atomic E-state index is 0.0509. The van der Waals surface area contributed by atoms with Crippen LogP contribution in [-0.2, 0) is 0 Å². The summed E-state index contributed by atoms with van der Waals surface area (Å²) in [6.07, 6.45) is 6.21. The molecule has 3 N–H and O–H groups in total. The van der Waals surface area contributed by atoms with Gasteiger partial charge in [0.2, 0.25) is 0 Å². The first-order chi connectivity index (χ1) is 9.65. The number of rotatable bonds is 2. The van der Waals surface area contributed by atoms with Crippen LogP contribution in [0, 0.1) is 5.92 Å². The van der Waals surface area contributed by atoms with Crippen molar-refractivity contribution in [3.8, 4) is 0 Å². The van der Waals surface area contributed by atoms with E-state index in [-0.39, 0.29) is 11.9 Å². The first-order valence-electron chi connectivity index (χ1n) is 7.09. The quantitative estimate of drug-likeness (QED) is 0.892. The Labute approximate surface area is 122 Å². The maximum absolute atomic E-state index is 12.4. The van der Waals surface area contributed by atoms with Crippen LogP contribution in [-0.4, -0.2) is 16.9 Å². The van der Waals surface area contributed by atoms with E-state index >= 15 is 0 Å². The molecule has 3 rings (SSSR count). The summed E-state index contributed by atoms with van der Waals surface area (Å²) in [6.45, 7) is 2.27. The molecule has 0 radical (unpaired) electrons. The average molecular weight is 289 g/mol. The first kappa shape index (κ1) is 13.4. The summed E-state index contributed by atoms with van der Waals surface area (Å²) in [7, 11) is 0. The SMILES string of the molecule is CC1CCC(NC(=O)c2sc3cccnc3c2N)CC1. The second kappa shape index (κ2) is 5.40. The van der Waals surface area contributed by atoms with E-state index in [9.17, 15) is 4.79 Å². The van der Waals surface area contributed by atoms with Crippen LogP contribution in [0.5, 0.6) is 0 Å². The largest absolute Gasteiger partial charge is 0.396 e. The molecular formula is C15H19N3OS. The molecule has 1 saturated carbocycles. The van der Waals surface area contributed by atoms with Gasteiger partial charge in [0.25, 0.3) is 5.91 Å². The molecule has 0 aromatic carbocycles. The number of nitrogens with one attached hydrogen (secondary N) is 1.